The van der Waals surface area contributed by atoms with E-state index in [4.69, 9.17) is 4.42 Å². The van der Waals surface area contributed by atoms with Gasteiger partial charge in [-0.15, -0.1) is 0 Å². The minimum Gasteiger partial charge on any atom is -0.464 e. The summed E-state index contributed by atoms with van der Waals surface area (Å²) in [6, 6.07) is 7.73. The highest BCUT2D eigenvalue weighted by molar-refractivity contribution is 8.13. The fourth-order valence-corrected chi connectivity index (χ4v) is 2.56. The minimum atomic E-state index is -0.0883. The van der Waals surface area contributed by atoms with Crippen molar-refractivity contribution < 1.29 is 9.21 Å². The molecule has 0 aliphatic carbocycles. The number of rotatable bonds is 1. The van der Waals surface area contributed by atoms with Crippen molar-refractivity contribution in [3.8, 4) is 0 Å². The normalized spacial score (nSPS) is 17.6. The highest BCUT2D eigenvalue weighted by Gasteiger charge is 2.26. The van der Waals surface area contributed by atoms with Crippen molar-refractivity contribution >= 4 is 39.9 Å². The molecular formula is C14H12N2O2S. The number of carbonyl (C=O) groups is 1. The van der Waals surface area contributed by atoms with Gasteiger partial charge in [0.1, 0.15) is 11.3 Å². The molecule has 0 unspecified atom stereocenters. The van der Waals surface area contributed by atoms with Gasteiger partial charge in [-0.3, -0.25) is 9.69 Å². The number of amidine groups is 1. The van der Waals surface area contributed by atoms with Crippen molar-refractivity contribution in [3.63, 3.8) is 0 Å². The number of hydrogen-bond donors (Lipinski definition) is 0. The zero-order chi connectivity index (χ0) is 13.4. The molecule has 4 nitrogen and oxygen atoms in total. The Morgan fingerprint density at radius 3 is 2.89 bits per heavy atom. The molecule has 0 N–H and O–H groups in total. The lowest BCUT2D eigenvalue weighted by molar-refractivity contribution is -0.121. The maximum Gasteiger partial charge on any atom is 0.278 e. The number of amides is 1. The van der Waals surface area contributed by atoms with Crippen LogP contribution in [0, 0.1) is 0 Å². The summed E-state index contributed by atoms with van der Waals surface area (Å²) < 4.78 is 5.45. The van der Waals surface area contributed by atoms with E-state index in [1.165, 1.54) is 11.8 Å². The quantitative estimate of drug-likeness (QED) is 0.750. The molecule has 2 heterocycles. The Labute approximate surface area is 114 Å². The third kappa shape index (κ3) is 1.96. The summed E-state index contributed by atoms with van der Waals surface area (Å²) in [5.41, 5.74) is 2.12. The highest BCUT2D eigenvalue weighted by Crippen LogP contribution is 2.26. The molecule has 0 saturated carbocycles. The van der Waals surface area contributed by atoms with Gasteiger partial charge >= 0.3 is 0 Å². The van der Waals surface area contributed by atoms with E-state index in [2.05, 4.69) is 4.99 Å². The van der Waals surface area contributed by atoms with E-state index >= 15 is 0 Å². The first kappa shape index (κ1) is 12.0. The molecule has 0 spiro atoms. The molecule has 1 aromatic carbocycles. The van der Waals surface area contributed by atoms with Crippen molar-refractivity contribution in [1.29, 1.82) is 0 Å². The van der Waals surface area contributed by atoms with Gasteiger partial charge in [0.05, 0.1) is 6.26 Å². The van der Waals surface area contributed by atoms with Crippen molar-refractivity contribution in [2.24, 2.45) is 4.99 Å². The van der Waals surface area contributed by atoms with Crippen LogP contribution in [-0.4, -0.2) is 29.3 Å². The Morgan fingerprint density at radius 2 is 2.16 bits per heavy atom. The van der Waals surface area contributed by atoms with Gasteiger partial charge in [0.25, 0.3) is 5.91 Å². The maximum absolute atomic E-state index is 12.0. The van der Waals surface area contributed by atoms with Gasteiger partial charge in [-0.05, 0) is 18.4 Å². The second kappa shape index (κ2) is 4.59. The van der Waals surface area contributed by atoms with Crippen LogP contribution >= 0.6 is 11.8 Å². The Balaban J connectivity index is 2.07. The maximum atomic E-state index is 12.0. The summed E-state index contributed by atoms with van der Waals surface area (Å²) in [5.74, 6) is -0.0883. The molecule has 1 aliphatic heterocycles. The predicted octanol–water partition coefficient (Wildman–Crippen LogP) is 2.96. The monoisotopic (exact) mass is 272 g/mol. The standard InChI is InChI=1S/C14H12N2O2S/c1-16-13(17)11(15-14(16)19-2)7-9-8-18-12-6-4-3-5-10(9)12/h3-8H,1-2H3/b11-7-. The molecule has 1 aromatic heterocycles. The predicted molar refractivity (Wildman–Crippen MR) is 77.9 cm³/mol. The molecule has 3 rings (SSSR count). The summed E-state index contributed by atoms with van der Waals surface area (Å²) >= 11 is 1.46. The topological polar surface area (TPSA) is 45.8 Å². The summed E-state index contributed by atoms with van der Waals surface area (Å²) in [6.45, 7) is 0. The highest BCUT2D eigenvalue weighted by atomic mass is 32.2. The number of hydrogen-bond acceptors (Lipinski definition) is 4. The summed E-state index contributed by atoms with van der Waals surface area (Å²) in [5, 5.41) is 1.70. The Kier molecular flexibility index (Phi) is 2.91. The van der Waals surface area contributed by atoms with E-state index in [9.17, 15) is 4.79 Å². The molecule has 0 saturated heterocycles. The van der Waals surface area contributed by atoms with Gasteiger partial charge < -0.3 is 4.42 Å². The first-order valence-electron chi connectivity index (χ1n) is 5.79. The third-order valence-corrected chi connectivity index (χ3v) is 3.74. The number of furan rings is 1. The minimum absolute atomic E-state index is 0.0883. The van der Waals surface area contributed by atoms with Gasteiger partial charge in [-0.1, -0.05) is 30.0 Å². The van der Waals surface area contributed by atoms with Gasteiger partial charge in [-0.25, -0.2) is 4.99 Å². The number of nitrogens with zero attached hydrogens (tertiary/aromatic N) is 2. The van der Waals surface area contributed by atoms with Crippen LogP contribution < -0.4 is 0 Å². The number of para-hydroxylation sites is 1. The second-order valence-electron chi connectivity index (χ2n) is 4.18. The van der Waals surface area contributed by atoms with Crippen LogP contribution in [0.3, 0.4) is 0 Å². The van der Waals surface area contributed by atoms with Crippen molar-refractivity contribution in [2.45, 2.75) is 0 Å². The van der Waals surface area contributed by atoms with Crippen molar-refractivity contribution in [1.82, 2.24) is 4.90 Å². The van der Waals surface area contributed by atoms with Crippen molar-refractivity contribution in [3.05, 3.63) is 41.8 Å². The van der Waals surface area contributed by atoms with Gasteiger partial charge in [-0.2, -0.15) is 0 Å². The lowest BCUT2D eigenvalue weighted by Crippen LogP contribution is -2.25. The lowest BCUT2D eigenvalue weighted by atomic mass is 10.1. The average molecular weight is 272 g/mol. The van der Waals surface area contributed by atoms with Crippen LogP contribution in [0.5, 0.6) is 0 Å². The van der Waals surface area contributed by atoms with E-state index in [1.54, 1.807) is 24.3 Å². The zero-order valence-electron chi connectivity index (χ0n) is 10.6. The summed E-state index contributed by atoms with van der Waals surface area (Å²) in [4.78, 5) is 17.9. The fraction of sp³-hybridized carbons (Fsp3) is 0.143. The van der Waals surface area contributed by atoms with Gasteiger partial charge in [0, 0.05) is 18.0 Å². The van der Waals surface area contributed by atoms with E-state index in [1.807, 2.05) is 30.5 Å². The molecule has 5 heteroatoms. The number of benzene rings is 1. The molecule has 0 bridgehead atoms. The SMILES string of the molecule is CSC1=N/C(=C\c2coc3ccccc23)C(=O)N1C. The number of carbonyl (C=O) groups excluding carboxylic acids is 1. The third-order valence-electron chi connectivity index (χ3n) is 3.01. The van der Waals surface area contributed by atoms with Gasteiger partial charge in [0.15, 0.2) is 5.17 Å². The van der Waals surface area contributed by atoms with E-state index in [-0.39, 0.29) is 5.91 Å². The molecule has 0 fully saturated rings. The molecule has 2 aromatic rings. The number of fused-ring (bicyclic) bond motifs is 1. The van der Waals surface area contributed by atoms with Crippen LogP contribution in [0.25, 0.3) is 17.0 Å². The molecule has 19 heavy (non-hydrogen) atoms. The molecular weight excluding hydrogens is 260 g/mol. The van der Waals surface area contributed by atoms with Crippen LogP contribution in [0.4, 0.5) is 0 Å². The van der Waals surface area contributed by atoms with E-state index < -0.39 is 0 Å². The summed E-state index contributed by atoms with van der Waals surface area (Å²) in [7, 11) is 1.73. The fourth-order valence-electron chi connectivity index (χ4n) is 2.02. The molecule has 96 valence electrons. The molecule has 0 radical (unpaired) electrons. The number of thioether (sulfide) groups is 1. The van der Waals surface area contributed by atoms with Gasteiger partial charge in [0.2, 0.25) is 0 Å². The number of aliphatic imine (C=N–C) groups is 1. The first-order valence-corrected chi connectivity index (χ1v) is 7.02. The molecule has 1 amide bonds. The Hall–Kier alpha value is -2.01. The smallest absolute Gasteiger partial charge is 0.278 e. The van der Waals surface area contributed by atoms with Crippen molar-refractivity contribution in [2.75, 3.05) is 13.3 Å². The van der Waals surface area contributed by atoms with E-state index in [0.29, 0.717) is 10.9 Å². The lowest BCUT2D eigenvalue weighted by Gasteiger charge is -2.07. The van der Waals surface area contributed by atoms with E-state index in [0.717, 1.165) is 16.5 Å². The Bertz CT molecular complexity index is 715. The number of likely N-dealkylation sites (N-methyl/N-ethyl adjacent to an activating group) is 1. The molecule has 1 aliphatic rings. The van der Waals surface area contributed by atoms with Crippen LogP contribution in [0.1, 0.15) is 5.56 Å². The second-order valence-corrected chi connectivity index (χ2v) is 4.95. The largest absolute Gasteiger partial charge is 0.464 e. The zero-order valence-corrected chi connectivity index (χ0v) is 11.4. The summed E-state index contributed by atoms with van der Waals surface area (Å²) in [6.07, 6.45) is 5.32. The van der Waals surface area contributed by atoms with Crippen LogP contribution in [0.2, 0.25) is 0 Å². The van der Waals surface area contributed by atoms with Crippen LogP contribution in [-0.2, 0) is 4.79 Å². The molecule has 0 atom stereocenters. The first-order chi connectivity index (χ1) is 9.20. The average Bonchev–Trinajstić information content (AvgIpc) is 2.96. The van der Waals surface area contributed by atoms with Crippen LogP contribution in [0.15, 0.2) is 45.6 Å². The Morgan fingerprint density at radius 1 is 1.37 bits per heavy atom.